The molecule has 2 rings (SSSR count). The zero-order valence-electron chi connectivity index (χ0n) is 13.0. The summed E-state index contributed by atoms with van der Waals surface area (Å²) in [7, 11) is -3.87. The van der Waals surface area contributed by atoms with Crippen molar-refractivity contribution in [3.05, 3.63) is 33.9 Å². The minimum atomic E-state index is -3.87. The van der Waals surface area contributed by atoms with Gasteiger partial charge in [-0.15, -0.1) is 0 Å². The van der Waals surface area contributed by atoms with Crippen LogP contribution in [0.4, 0.5) is 5.69 Å². The van der Waals surface area contributed by atoms with Crippen LogP contribution in [0.3, 0.4) is 0 Å². The summed E-state index contributed by atoms with van der Waals surface area (Å²) in [6.07, 6.45) is 4.79. The van der Waals surface area contributed by atoms with Crippen LogP contribution in [0.15, 0.2) is 23.1 Å². The number of nitro groups is 1. The number of benzene rings is 1. The first-order valence-electron chi connectivity index (χ1n) is 7.65. The molecule has 0 atom stereocenters. The van der Waals surface area contributed by atoms with E-state index in [1.807, 2.05) is 0 Å². The normalized spacial score (nSPS) is 16.9. The SMILES string of the molecule is CCN(C1CCCCC1)S(=O)(=O)c1c(C)cccc1[N+](=O)[O-]. The Labute approximate surface area is 131 Å². The Kier molecular flexibility index (Phi) is 5.18. The zero-order valence-corrected chi connectivity index (χ0v) is 13.8. The van der Waals surface area contributed by atoms with Crippen molar-refractivity contribution in [3.63, 3.8) is 0 Å². The van der Waals surface area contributed by atoms with Crippen molar-refractivity contribution in [1.29, 1.82) is 0 Å². The van der Waals surface area contributed by atoms with E-state index in [9.17, 15) is 18.5 Å². The average Bonchev–Trinajstić information content (AvgIpc) is 2.48. The molecule has 0 heterocycles. The van der Waals surface area contributed by atoms with Crippen LogP contribution >= 0.6 is 0 Å². The van der Waals surface area contributed by atoms with Crippen molar-refractivity contribution in [2.75, 3.05) is 6.54 Å². The fraction of sp³-hybridized carbons (Fsp3) is 0.600. The maximum atomic E-state index is 13.0. The summed E-state index contributed by atoms with van der Waals surface area (Å²) in [4.78, 5) is 10.5. The molecular weight excluding hydrogens is 304 g/mol. The molecule has 0 aliphatic heterocycles. The second-order valence-corrected chi connectivity index (χ2v) is 7.51. The molecule has 0 radical (unpaired) electrons. The van der Waals surface area contributed by atoms with Crippen molar-refractivity contribution < 1.29 is 13.3 Å². The summed E-state index contributed by atoms with van der Waals surface area (Å²) in [5.41, 5.74) is 0.0812. The molecule has 0 saturated heterocycles. The van der Waals surface area contributed by atoms with E-state index in [1.165, 1.54) is 16.4 Å². The van der Waals surface area contributed by atoms with E-state index in [2.05, 4.69) is 0 Å². The molecule has 1 aliphatic carbocycles. The lowest BCUT2D eigenvalue weighted by molar-refractivity contribution is -0.387. The number of hydrogen-bond acceptors (Lipinski definition) is 4. The van der Waals surface area contributed by atoms with E-state index >= 15 is 0 Å². The van der Waals surface area contributed by atoms with E-state index < -0.39 is 14.9 Å². The van der Waals surface area contributed by atoms with Crippen molar-refractivity contribution in [1.82, 2.24) is 4.31 Å². The van der Waals surface area contributed by atoms with Crippen LogP contribution in [0.2, 0.25) is 0 Å². The number of hydrogen-bond donors (Lipinski definition) is 0. The molecule has 1 aromatic rings. The molecule has 1 fully saturated rings. The van der Waals surface area contributed by atoms with Gasteiger partial charge in [-0.05, 0) is 25.3 Å². The first-order chi connectivity index (χ1) is 10.4. The van der Waals surface area contributed by atoms with Crippen molar-refractivity contribution >= 4 is 15.7 Å². The fourth-order valence-electron chi connectivity index (χ4n) is 3.23. The van der Waals surface area contributed by atoms with Gasteiger partial charge in [0.15, 0.2) is 4.90 Å². The molecule has 6 nitrogen and oxygen atoms in total. The van der Waals surface area contributed by atoms with Crippen molar-refractivity contribution in [3.8, 4) is 0 Å². The number of nitro benzene ring substituents is 1. The molecule has 1 aromatic carbocycles. The van der Waals surface area contributed by atoms with Crippen LogP contribution < -0.4 is 0 Å². The van der Waals surface area contributed by atoms with Gasteiger partial charge in [0.1, 0.15) is 0 Å². The molecule has 122 valence electrons. The van der Waals surface area contributed by atoms with Gasteiger partial charge < -0.3 is 0 Å². The predicted molar refractivity (Wildman–Crippen MR) is 84.3 cm³/mol. The predicted octanol–water partition coefficient (Wildman–Crippen LogP) is 3.25. The van der Waals surface area contributed by atoms with Crippen LogP contribution in [0.25, 0.3) is 0 Å². The average molecular weight is 326 g/mol. The second kappa shape index (κ2) is 6.75. The summed E-state index contributed by atoms with van der Waals surface area (Å²) >= 11 is 0. The summed E-state index contributed by atoms with van der Waals surface area (Å²) in [5, 5.41) is 11.2. The first-order valence-corrected chi connectivity index (χ1v) is 9.09. The molecular formula is C15H22N2O4S. The standard InChI is InChI=1S/C15H22N2O4S/c1-3-16(13-9-5-4-6-10-13)22(20,21)15-12(2)8-7-11-14(15)17(18)19/h7-8,11,13H,3-6,9-10H2,1-2H3. The minimum Gasteiger partial charge on any atom is -0.258 e. The largest absolute Gasteiger partial charge is 0.289 e. The Morgan fingerprint density at radius 1 is 1.27 bits per heavy atom. The third-order valence-corrected chi connectivity index (χ3v) is 6.47. The lowest BCUT2D eigenvalue weighted by atomic mass is 9.95. The van der Waals surface area contributed by atoms with Crippen molar-refractivity contribution in [2.24, 2.45) is 0 Å². The van der Waals surface area contributed by atoms with Gasteiger partial charge in [-0.2, -0.15) is 4.31 Å². The van der Waals surface area contributed by atoms with Gasteiger partial charge >= 0.3 is 0 Å². The zero-order chi connectivity index (χ0) is 16.3. The molecule has 1 aliphatic rings. The van der Waals surface area contributed by atoms with Crippen LogP contribution in [-0.4, -0.2) is 30.2 Å². The van der Waals surface area contributed by atoms with Gasteiger partial charge in [0.05, 0.1) is 4.92 Å². The monoisotopic (exact) mass is 326 g/mol. The van der Waals surface area contributed by atoms with Gasteiger partial charge in [0.2, 0.25) is 10.0 Å². The van der Waals surface area contributed by atoms with Crippen LogP contribution in [0.1, 0.15) is 44.6 Å². The number of rotatable bonds is 5. The molecule has 0 spiro atoms. The van der Waals surface area contributed by atoms with E-state index in [0.29, 0.717) is 12.1 Å². The number of aryl methyl sites for hydroxylation is 1. The minimum absolute atomic E-state index is 0.0528. The molecule has 0 aromatic heterocycles. The fourth-order valence-corrected chi connectivity index (χ4v) is 5.29. The molecule has 22 heavy (non-hydrogen) atoms. The van der Waals surface area contributed by atoms with E-state index in [1.54, 1.807) is 19.9 Å². The Bertz CT molecular complexity index is 652. The third kappa shape index (κ3) is 3.15. The molecule has 0 bridgehead atoms. The van der Waals surface area contributed by atoms with Gasteiger partial charge in [0.25, 0.3) is 5.69 Å². The van der Waals surface area contributed by atoms with E-state index in [0.717, 1.165) is 32.1 Å². The summed E-state index contributed by atoms with van der Waals surface area (Å²) in [6.45, 7) is 3.73. The van der Waals surface area contributed by atoms with Gasteiger partial charge in [0, 0.05) is 18.7 Å². The number of nitrogens with zero attached hydrogens (tertiary/aromatic N) is 2. The smallest absolute Gasteiger partial charge is 0.258 e. The van der Waals surface area contributed by atoms with Crippen LogP contribution in [0.5, 0.6) is 0 Å². The maximum absolute atomic E-state index is 13.0. The summed E-state index contributed by atoms with van der Waals surface area (Å²) in [6, 6.07) is 4.33. The van der Waals surface area contributed by atoms with E-state index in [-0.39, 0.29) is 16.6 Å². The van der Waals surface area contributed by atoms with Gasteiger partial charge in [-0.1, -0.05) is 38.3 Å². The van der Waals surface area contributed by atoms with Gasteiger partial charge in [-0.3, -0.25) is 10.1 Å². The highest BCUT2D eigenvalue weighted by molar-refractivity contribution is 7.89. The van der Waals surface area contributed by atoms with E-state index in [4.69, 9.17) is 0 Å². The highest BCUT2D eigenvalue weighted by atomic mass is 32.2. The van der Waals surface area contributed by atoms with Crippen LogP contribution in [0, 0.1) is 17.0 Å². The Morgan fingerprint density at radius 2 is 1.91 bits per heavy atom. The maximum Gasteiger partial charge on any atom is 0.289 e. The van der Waals surface area contributed by atoms with Gasteiger partial charge in [-0.25, -0.2) is 8.42 Å². The second-order valence-electron chi connectivity index (χ2n) is 5.68. The topological polar surface area (TPSA) is 80.5 Å². The Balaban J connectivity index is 2.51. The molecule has 7 heteroatoms. The highest BCUT2D eigenvalue weighted by Gasteiger charge is 2.36. The Morgan fingerprint density at radius 3 is 2.45 bits per heavy atom. The number of sulfonamides is 1. The summed E-state index contributed by atoms with van der Waals surface area (Å²) in [5.74, 6) is 0. The summed E-state index contributed by atoms with van der Waals surface area (Å²) < 4.78 is 27.5. The molecule has 0 unspecified atom stereocenters. The molecule has 0 N–H and O–H groups in total. The van der Waals surface area contributed by atoms with Crippen molar-refractivity contribution in [2.45, 2.75) is 56.9 Å². The quantitative estimate of drug-likeness (QED) is 0.614. The van der Waals surface area contributed by atoms with Crippen LogP contribution in [-0.2, 0) is 10.0 Å². The highest BCUT2D eigenvalue weighted by Crippen LogP contribution is 2.33. The third-order valence-electron chi connectivity index (χ3n) is 4.25. The molecule has 0 amide bonds. The Hall–Kier alpha value is -1.47. The molecule has 1 saturated carbocycles. The first kappa shape index (κ1) is 16.9. The lowest BCUT2D eigenvalue weighted by Gasteiger charge is -2.32. The lowest BCUT2D eigenvalue weighted by Crippen LogP contribution is -2.41.